The molecule has 0 spiro atoms. The molecule has 5 nitrogen and oxygen atoms in total. The van der Waals surface area contributed by atoms with Crippen LogP contribution < -0.4 is 5.32 Å². The Kier molecular flexibility index (Phi) is 5.05. The fourth-order valence-corrected chi connectivity index (χ4v) is 3.51. The van der Waals surface area contributed by atoms with Gasteiger partial charge in [0, 0.05) is 13.1 Å². The van der Waals surface area contributed by atoms with Crippen molar-refractivity contribution in [2.75, 3.05) is 0 Å². The normalized spacial score (nSPS) is 12.1. The molecular formula is C18H20N4OS. The molecule has 2 heterocycles. The molecule has 0 fully saturated rings. The van der Waals surface area contributed by atoms with Gasteiger partial charge in [-0.25, -0.2) is 4.68 Å². The molecule has 124 valence electrons. The number of carbonyl (C=O) groups is 1. The number of carbonyl (C=O) groups excluding carboxylic acids is 1. The van der Waals surface area contributed by atoms with Crippen LogP contribution in [0.5, 0.6) is 0 Å². The number of thiophene rings is 1. The summed E-state index contributed by atoms with van der Waals surface area (Å²) in [6.45, 7) is 2.09. The van der Waals surface area contributed by atoms with Crippen LogP contribution in [0, 0.1) is 0 Å². The van der Waals surface area contributed by atoms with Crippen molar-refractivity contribution in [3.8, 4) is 10.6 Å². The van der Waals surface area contributed by atoms with Crippen LogP contribution >= 0.6 is 11.3 Å². The monoisotopic (exact) mass is 340 g/mol. The molecule has 1 N–H and O–H groups in total. The molecule has 2 aromatic heterocycles. The average molecular weight is 340 g/mol. The summed E-state index contributed by atoms with van der Waals surface area (Å²) < 4.78 is 1.71. The van der Waals surface area contributed by atoms with Gasteiger partial charge in [0.05, 0.1) is 21.6 Å². The first-order valence-corrected chi connectivity index (χ1v) is 8.78. The maximum absolute atomic E-state index is 12.5. The quantitative estimate of drug-likeness (QED) is 0.749. The molecule has 0 bridgehead atoms. The minimum atomic E-state index is -0.0239. The van der Waals surface area contributed by atoms with Gasteiger partial charge in [0.15, 0.2) is 0 Å². The first-order chi connectivity index (χ1) is 11.7. The molecule has 0 saturated heterocycles. The van der Waals surface area contributed by atoms with E-state index in [2.05, 4.69) is 34.7 Å². The van der Waals surface area contributed by atoms with E-state index in [0.717, 1.165) is 23.4 Å². The van der Waals surface area contributed by atoms with Gasteiger partial charge in [0.25, 0.3) is 5.91 Å². The summed E-state index contributed by atoms with van der Waals surface area (Å²) in [6.07, 6.45) is 3.44. The summed E-state index contributed by atoms with van der Waals surface area (Å²) in [5.41, 5.74) is 2.15. The molecule has 3 aromatic rings. The number of rotatable bonds is 6. The minimum absolute atomic E-state index is 0.0239. The first kappa shape index (κ1) is 16.4. The largest absolute Gasteiger partial charge is 0.348 e. The number of hydrogen-bond acceptors (Lipinski definition) is 4. The lowest BCUT2D eigenvalue weighted by Crippen LogP contribution is -2.35. The predicted octanol–water partition coefficient (Wildman–Crippen LogP) is 3.29. The number of nitrogens with one attached hydrogen (secondary N) is 1. The van der Waals surface area contributed by atoms with Crippen LogP contribution in [0.4, 0.5) is 0 Å². The molecule has 0 aliphatic rings. The van der Waals surface area contributed by atoms with Gasteiger partial charge in [-0.05, 0) is 30.5 Å². The molecule has 3 rings (SSSR count). The Labute approximate surface area is 145 Å². The Morgan fingerprint density at radius 1 is 1.25 bits per heavy atom. The molecule has 1 atom stereocenters. The highest BCUT2D eigenvalue weighted by Crippen LogP contribution is 2.27. The Balaban J connectivity index is 1.68. The van der Waals surface area contributed by atoms with Gasteiger partial charge in [-0.2, -0.15) is 0 Å². The zero-order chi connectivity index (χ0) is 16.9. The molecule has 1 aromatic carbocycles. The Hall–Kier alpha value is -2.47. The first-order valence-electron chi connectivity index (χ1n) is 7.97. The fraction of sp³-hybridized carbons (Fsp3) is 0.278. The summed E-state index contributed by atoms with van der Waals surface area (Å²) in [4.78, 5) is 14.2. The molecule has 1 unspecified atom stereocenters. The van der Waals surface area contributed by atoms with Gasteiger partial charge in [0.1, 0.15) is 0 Å². The number of aryl methyl sites for hydroxylation is 1. The Bertz CT molecular complexity index is 809. The zero-order valence-corrected chi connectivity index (χ0v) is 14.6. The van der Waals surface area contributed by atoms with E-state index in [4.69, 9.17) is 0 Å². The van der Waals surface area contributed by atoms with Crippen molar-refractivity contribution in [1.29, 1.82) is 0 Å². The third-order valence-corrected chi connectivity index (χ3v) is 5.06. The van der Waals surface area contributed by atoms with Gasteiger partial charge in [0.2, 0.25) is 0 Å². The third kappa shape index (κ3) is 3.71. The summed E-state index contributed by atoms with van der Waals surface area (Å²) in [7, 11) is 1.84. The number of aromatic nitrogens is 3. The van der Waals surface area contributed by atoms with Crippen LogP contribution in [-0.4, -0.2) is 26.9 Å². The maximum atomic E-state index is 12.5. The van der Waals surface area contributed by atoms with Crippen molar-refractivity contribution < 1.29 is 4.79 Å². The van der Waals surface area contributed by atoms with E-state index >= 15 is 0 Å². The summed E-state index contributed by atoms with van der Waals surface area (Å²) in [6, 6.07) is 14.2. The van der Waals surface area contributed by atoms with E-state index in [1.54, 1.807) is 10.9 Å². The lowest BCUT2D eigenvalue weighted by Gasteiger charge is -2.16. The van der Waals surface area contributed by atoms with Crippen LogP contribution in [-0.2, 0) is 13.5 Å². The van der Waals surface area contributed by atoms with Crippen molar-refractivity contribution in [2.45, 2.75) is 25.8 Å². The van der Waals surface area contributed by atoms with Crippen molar-refractivity contribution in [1.82, 2.24) is 20.3 Å². The van der Waals surface area contributed by atoms with Gasteiger partial charge in [-0.15, -0.1) is 16.4 Å². The third-order valence-electron chi connectivity index (χ3n) is 3.95. The van der Waals surface area contributed by atoms with E-state index in [0.29, 0.717) is 4.88 Å². The van der Waals surface area contributed by atoms with Gasteiger partial charge >= 0.3 is 0 Å². The Morgan fingerprint density at radius 2 is 2.04 bits per heavy atom. The lowest BCUT2D eigenvalue weighted by atomic mass is 10.0. The van der Waals surface area contributed by atoms with Gasteiger partial charge in [-0.3, -0.25) is 4.79 Å². The van der Waals surface area contributed by atoms with E-state index in [9.17, 15) is 4.79 Å². The van der Waals surface area contributed by atoms with E-state index in [-0.39, 0.29) is 11.9 Å². The van der Waals surface area contributed by atoms with Gasteiger partial charge in [-0.1, -0.05) is 42.5 Å². The van der Waals surface area contributed by atoms with Crippen LogP contribution in [0.1, 0.15) is 28.6 Å². The lowest BCUT2D eigenvalue weighted by molar-refractivity contribution is 0.0940. The minimum Gasteiger partial charge on any atom is -0.348 e. The molecule has 0 aliphatic heterocycles. The highest BCUT2D eigenvalue weighted by molar-refractivity contribution is 7.17. The topological polar surface area (TPSA) is 59.8 Å². The smallest absolute Gasteiger partial charge is 0.261 e. The summed E-state index contributed by atoms with van der Waals surface area (Å²) in [5, 5.41) is 10.9. The number of hydrogen-bond donors (Lipinski definition) is 1. The SMILES string of the molecule is CCC(Cc1ccccc1)NC(=O)c1ccc(-c2cnnn2C)s1. The second kappa shape index (κ2) is 7.40. The standard InChI is InChI=1S/C18H20N4OS/c1-3-14(11-13-7-5-4-6-8-13)20-18(23)17-10-9-16(24-17)15-12-19-21-22(15)2/h4-10,12,14H,3,11H2,1-2H3,(H,20,23). The number of benzene rings is 1. The second-order valence-corrected chi connectivity index (χ2v) is 6.76. The molecule has 24 heavy (non-hydrogen) atoms. The van der Waals surface area contributed by atoms with Gasteiger partial charge < -0.3 is 5.32 Å². The zero-order valence-electron chi connectivity index (χ0n) is 13.8. The van der Waals surface area contributed by atoms with Crippen LogP contribution in [0.2, 0.25) is 0 Å². The van der Waals surface area contributed by atoms with Crippen LogP contribution in [0.25, 0.3) is 10.6 Å². The van der Waals surface area contributed by atoms with Crippen LogP contribution in [0.15, 0.2) is 48.7 Å². The highest BCUT2D eigenvalue weighted by atomic mass is 32.1. The van der Waals surface area contributed by atoms with E-state index < -0.39 is 0 Å². The molecule has 0 aliphatic carbocycles. The molecular weight excluding hydrogens is 320 g/mol. The summed E-state index contributed by atoms with van der Waals surface area (Å²) >= 11 is 1.46. The van der Waals surface area contributed by atoms with Crippen LogP contribution in [0.3, 0.4) is 0 Å². The highest BCUT2D eigenvalue weighted by Gasteiger charge is 2.16. The molecule has 0 radical (unpaired) electrons. The fourth-order valence-electron chi connectivity index (χ4n) is 2.56. The van der Waals surface area contributed by atoms with Crippen molar-refractivity contribution in [3.05, 3.63) is 59.1 Å². The molecule has 6 heteroatoms. The maximum Gasteiger partial charge on any atom is 0.261 e. The van der Waals surface area contributed by atoms with Crippen molar-refractivity contribution in [2.24, 2.45) is 7.05 Å². The number of amides is 1. The second-order valence-electron chi connectivity index (χ2n) is 5.68. The molecule has 1 amide bonds. The van der Waals surface area contributed by atoms with Crippen molar-refractivity contribution in [3.63, 3.8) is 0 Å². The average Bonchev–Trinajstić information content (AvgIpc) is 3.23. The summed E-state index contributed by atoms with van der Waals surface area (Å²) in [5.74, 6) is -0.0239. The predicted molar refractivity (Wildman–Crippen MR) is 96.0 cm³/mol. The van der Waals surface area contributed by atoms with E-state index in [1.807, 2.05) is 37.4 Å². The Morgan fingerprint density at radius 3 is 2.71 bits per heavy atom. The van der Waals surface area contributed by atoms with E-state index in [1.165, 1.54) is 16.9 Å². The molecule has 0 saturated carbocycles. The number of nitrogens with zero attached hydrogens (tertiary/aromatic N) is 3. The van der Waals surface area contributed by atoms with Crippen molar-refractivity contribution >= 4 is 17.2 Å².